The highest BCUT2D eigenvalue weighted by molar-refractivity contribution is 7.10. The average molecular weight is 209 g/mol. The lowest BCUT2D eigenvalue weighted by Crippen LogP contribution is -2.03. The van der Waals surface area contributed by atoms with Crippen molar-refractivity contribution in [2.75, 3.05) is 0 Å². The van der Waals surface area contributed by atoms with Gasteiger partial charge in [-0.1, -0.05) is 0 Å². The summed E-state index contributed by atoms with van der Waals surface area (Å²) < 4.78 is 0. The van der Waals surface area contributed by atoms with Gasteiger partial charge in [-0.2, -0.15) is 5.10 Å². The van der Waals surface area contributed by atoms with Crippen molar-refractivity contribution in [3.8, 4) is 0 Å². The maximum absolute atomic E-state index is 9.74. The van der Waals surface area contributed by atoms with Crippen LogP contribution in [-0.2, 0) is 6.42 Å². The van der Waals surface area contributed by atoms with Gasteiger partial charge in [-0.05, 0) is 23.9 Å². The number of rotatable bonds is 3. The zero-order valence-electron chi connectivity index (χ0n) is 7.77. The smallest absolute Gasteiger partial charge is 0.153 e. The molecule has 0 aliphatic rings. The number of aliphatic hydroxyl groups is 1. The Morgan fingerprint density at radius 3 is 3.07 bits per heavy atom. The van der Waals surface area contributed by atoms with Crippen molar-refractivity contribution in [1.29, 1.82) is 0 Å². The average Bonchev–Trinajstić information content (AvgIpc) is 2.75. The summed E-state index contributed by atoms with van der Waals surface area (Å²) in [4.78, 5) is 5.16. The Bertz CT molecular complexity index is 396. The molecule has 0 aromatic carbocycles. The molecular weight excluding hydrogens is 198 g/mol. The Hall–Kier alpha value is -1.20. The second-order valence-electron chi connectivity index (χ2n) is 3.16. The van der Waals surface area contributed by atoms with Gasteiger partial charge in [0.15, 0.2) is 5.82 Å². The Kier molecular flexibility index (Phi) is 2.60. The van der Waals surface area contributed by atoms with Crippen LogP contribution in [0.15, 0.2) is 17.8 Å². The summed E-state index contributed by atoms with van der Waals surface area (Å²) in [6, 6.07) is 2.07. The minimum atomic E-state index is -0.591. The zero-order valence-corrected chi connectivity index (χ0v) is 8.58. The Labute approximate surface area is 85.6 Å². The monoisotopic (exact) mass is 209 g/mol. The van der Waals surface area contributed by atoms with E-state index in [-0.39, 0.29) is 0 Å². The van der Waals surface area contributed by atoms with Crippen molar-refractivity contribution in [2.24, 2.45) is 0 Å². The van der Waals surface area contributed by atoms with Gasteiger partial charge in [0, 0.05) is 11.3 Å². The van der Waals surface area contributed by atoms with Crippen LogP contribution < -0.4 is 0 Å². The predicted octanol–water partition coefficient (Wildman–Crippen LogP) is 1.45. The molecule has 5 heteroatoms. The van der Waals surface area contributed by atoms with Gasteiger partial charge in [-0.25, -0.2) is 4.98 Å². The molecule has 0 aliphatic heterocycles. The molecule has 14 heavy (non-hydrogen) atoms. The standard InChI is InChI=1S/C9H11N3OS/c1-6-2-7(4-14-6)3-8(13)9-10-5-11-12-9/h2,4-5,8,13H,3H2,1H3,(H,10,11,12). The van der Waals surface area contributed by atoms with Crippen LogP contribution in [0.4, 0.5) is 0 Å². The summed E-state index contributed by atoms with van der Waals surface area (Å²) in [6.45, 7) is 2.05. The highest BCUT2D eigenvalue weighted by Crippen LogP contribution is 2.19. The van der Waals surface area contributed by atoms with E-state index >= 15 is 0 Å². The van der Waals surface area contributed by atoms with Gasteiger partial charge in [0.05, 0.1) is 0 Å². The van der Waals surface area contributed by atoms with Gasteiger partial charge >= 0.3 is 0 Å². The summed E-state index contributed by atoms with van der Waals surface area (Å²) in [5, 5.41) is 18.1. The Morgan fingerprint density at radius 1 is 1.64 bits per heavy atom. The van der Waals surface area contributed by atoms with Crippen molar-refractivity contribution in [3.63, 3.8) is 0 Å². The fraction of sp³-hybridized carbons (Fsp3) is 0.333. The summed E-state index contributed by atoms with van der Waals surface area (Å²) in [5.41, 5.74) is 1.14. The molecule has 4 nitrogen and oxygen atoms in total. The highest BCUT2D eigenvalue weighted by Gasteiger charge is 2.11. The summed E-state index contributed by atoms with van der Waals surface area (Å²) in [5.74, 6) is 0.522. The fourth-order valence-electron chi connectivity index (χ4n) is 1.30. The van der Waals surface area contributed by atoms with Crippen molar-refractivity contribution < 1.29 is 5.11 Å². The molecule has 0 amide bonds. The van der Waals surface area contributed by atoms with Crippen LogP contribution in [-0.4, -0.2) is 20.3 Å². The first kappa shape index (κ1) is 9.36. The van der Waals surface area contributed by atoms with Crippen LogP contribution in [0.1, 0.15) is 22.4 Å². The van der Waals surface area contributed by atoms with Gasteiger partial charge in [0.1, 0.15) is 12.4 Å². The molecule has 0 radical (unpaired) electrons. The number of aryl methyl sites for hydroxylation is 1. The Morgan fingerprint density at radius 2 is 2.50 bits per heavy atom. The van der Waals surface area contributed by atoms with E-state index in [4.69, 9.17) is 0 Å². The van der Waals surface area contributed by atoms with Crippen molar-refractivity contribution in [3.05, 3.63) is 34.0 Å². The van der Waals surface area contributed by atoms with Gasteiger partial charge in [-0.3, -0.25) is 5.10 Å². The maximum Gasteiger partial charge on any atom is 0.153 e. The molecule has 0 bridgehead atoms. The van der Waals surface area contributed by atoms with Gasteiger partial charge < -0.3 is 5.11 Å². The third-order valence-electron chi connectivity index (χ3n) is 1.96. The number of nitrogens with zero attached hydrogens (tertiary/aromatic N) is 2. The number of hydrogen-bond donors (Lipinski definition) is 2. The second kappa shape index (κ2) is 3.89. The third-order valence-corrected chi connectivity index (χ3v) is 2.87. The van der Waals surface area contributed by atoms with E-state index in [2.05, 4.69) is 33.6 Å². The molecule has 0 aliphatic carbocycles. The molecule has 74 valence electrons. The molecular formula is C9H11N3OS. The van der Waals surface area contributed by atoms with Gasteiger partial charge in [0.25, 0.3) is 0 Å². The van der Waals surface area contributed by atoms with E-state index in [1.165, 1.54) is 11.2 Å². The van der Waals surface area contributed by atoms with Crippen LogP contribution in [0.3, 0.4) is 0 Å². The summed E-state index contributed by atoms with van der Waals surface area (Å²) >= 11 is 1.69. The molecule has 2 N–H and O–H groups in total. The van der Waals surface area contributed by atoms with Crippen LogP contribution in [0.2, 0.25) is 0 Å². The van der Waals surface area contributed by atoms with E-state index in [0.29, 0.717) is 12.2 Å². The summed E-state index contributed by atoms with van der Waals surface area (Å²) in [6.07, 6.45) is 1.39. The number of aromatic amines is 1. The van der Waals surface area contributed by atoms with E-state index in [1.807, 2.05) is 0 Å². The number of hydrogen-bond acceptors (Lipinski definition) is 4. The lowest BCUT2D eigenvalue weighted by Gasteiger charge is -2.04. The first-order chi connectivity index (χ1) is 6.75. The fourth-order valence-corrected chi connectivity index (χ4v) is 2.02. The minimum absolute atomic E-state index is 0.522. The largest absolute Gasteiger partial charge is 0.385 e. The highest BCUT2D eigenvalue weighted by atomic mass is 32.1. The van der Waals surface area contributed by atoms with E-state index in [9.17, 15) is 5.11 Å². The number of nitrogens with one attached hydrogen (secondary N) is 1. The lowest BCUT2D eigenvalue weighted by molar-refractivity contribution is 0.169. The lowest BCUT2D eigenvalue weighted by atomic mass is 10.1. The first-order valence-electron chi connectivity index (χ1n) is 4.33. The molecule has 2 aromatic heterocycles. The maximum atomic E-state index is 9.74. The van der Waals surface area contributed by atoms with Gasteiger partial charge in [-0.15, -0.1) is 11.3 Å². The molecule has 2 rings (SSSR count). The number of aliphatic hydroxyl groups excluding tert-OH is 1. The molecule has 0 fully saturated rings. The molecule has 0 saturated carbocycles. The minimum Gasteiger partial charge on any atom is -0.385 e. The van der Waals surface area contributed by atoms with E-state index < -0.39 is 6.10 Å². The number of aromatic nitrogens is 3. The van der Waals surface area contributed by atoms with Crippen LogP contribution in [0.5, 0.6) is 0 Å². The molecule has 2 heterocycles. The molecule has 0 saturated heterocycles. The van der Waals surface area contributed by atoms with Crippen molar-refractivity contribution in [2.45, 2.75) is 19.4 Å². The zero-order chi connectivity index (χ0) is 9.97. The molecule has 1 unspecified atom stereocenters. The van der Waals surface area contributed by atoms with E-state index in [0.717, 1.165) is 5.56 Å². The third kappa shape index (κ3) is 2.00. The quantitative estimate of drug-likeness (QED) is 0.804. The van der Waals surface area contributed by atoms with Crippen LogP contribution in [0, 0.1) is 6.92 Å². The molecule has 2 aromatic rings. The topological polar surface area (TPSA) is 61.8 Å². The van der Waals surface area contributed by atoms with Crippen molar-refractivity contribution in [1.82, 2.24) is 15.2 Å². The van der Waals surface area contributed by atoms with Crippen molar-refractivity contribution >= 4 is 11.3 Å². The Balaban J connectivity index is 2.05. The summed E-state index contributed by atoms with van der Waals surface area (Å²) in [7, 11) is 0. The normalized spacial score (nSPS) is 13.0. The van der Waals surface area contributed by atoms with E-state index in [1.54, 1.807) is 11.3 Å². The predicted molar refractivity (Wildman–Crippen MR) is 54.1 cm³/mol. The number of H-pyrrole nitrogens is 1. The number of thiophene rings is 1. The van der Waals surface area contributed by atoms with Gasteiger partial charge in [0.2, 0.25) is 0 Å². The molecule has 1 atom stereocenters. The molecule has 0 spiro atoms. The first-order valence-corrected chi connectivity index (χ1v) is 5.21. The second-order valence-corrected chi connectivity index (χ2v) is 4.27. The van der Waals surface area contributed by atoms with Crippen LogP contribution >= 0.6 is 11.3 Å². The van der Waals surface area contributed by atoms with Crippen LogP contribution in [0.25, 0.3) is 0 Å². The SMILES string of the molecule is Cc1cc(CC(O)c2ncn[nH]2)cs1.